The number of fused-ring (bicyclic) bond motifs is 3. The summed E-state index contributed by atoms with van der Waals surface area (Å²) in [6.07, 6.45) is 4.72. The van der Waals surface area contributed by atoms with Gasteiger partial charge >= 0.3 is 8.24 Å². The van der Waals surface area contributed by atoms with Crippen molar-refractivity contribution in [3.8, 4) is 0 Å². The lowest BCUT2D eigenvalue weighted by molar-refractivity contribution is 0.0804. The minimum atomic E-state index is -1.54. The first-order valence-corrected chi connectivity index (χ1v) is 12.3. The molecule has 1 saturated carbocycles. The topological polar surface area (TPSA) is 35.5 Å². The van der Waals surface area contributed by atoms with E-state index in [1.807, 2.05) is 36.4 Å². The van der Waals surface area contributed by atoms with E-state index in [1.165, 1.54) is 18.4 Å². The normalized spacial score (nSPS) is 19.5. The van der Waals surface area contributed by atoms with Gasteiger partial charge in [-0.25, -0.2) is 0 Å². The second-order valence-corrected chi connectivity index (χ2v) is 10.0. The smallest absolute Gasteiger partial charge is 0.387 e. The molecule has 4 heteroatoms. The van der Waals surface area contributed by atoms with Gasteiger partial charge in [-0.05, 0) is 41.9 Å². The fraction of sp³-hybridized carbons (Fsp3) is 0.333. The van der Waals surface area contributed by atoms with Crippen LogP contribution in [0.4, 0.5) is 0 Å². The highest BCUT2D eigenvalue weighted by molar-refractivity contribution is 7.31. The Balaban J connectivity index is 1.56. The molecular formula is C27H29O3P. The van der Waals surface area contributed by atoms with Crippen LogP contribution in [-0.4, -0.2) is 6.10 Å². The zero-order valence-electron chi connectivity index (χ0n) is 18.2. The lowest BCUT2D eigenvalue weighted by Gasteiger charge is -2.41. The number of benzene rings is 3. The summed E-state index contributed by atoms with van der Waals surface area (Å²) in [7, 11) is -1.54. The molecule has 0 saturated heterocycles. The zero-order chi connectivity index (χ0) is 21.3. The van der Waals surface area contributed by atoms with Gasteiger partial charge in [-0.1, -0.05) is 93.4 Å². The first-order chi connectivity index (χ1) is 15.1. The van der Waals surface area contributed by atoms with Crippen LogP contribution >= 0.6 is 8.24 Å². The molecule has 31 heavy (non-hydrogen) atoms. The molecule has 3 nitrogen and oxygen atoms in total. The first-order valence-electron chi connectivity index (χ1n) is 11.2. The Morgan fingerprint density at radius 3 is 1.94 bits per heavy atom. The van der Waals surface area contributed by atoms with Gasteiger partial charge in [0.15, 0.2) is 0 Å². The van der Waals surface area contributed by atoms with Crippen molar-refractivity contribution in [1.29, 1.82) is 0 Å². The van der Waals surface area contributed by atoms with Crippen LogP contribution in [0.3, 0.4) is 0 Å². The predicted octanol–water partition coefficient (Wildman–Crippen LogP) is 8.26. The van der Waals surface area contributed by atoms with E-state index < -0.39 is 8.24 Å². The van der Waals surface area contributed by atoms with Gasteiger partial charge in [0.2, 0.25) is 0 Å². The maximum atomic E-state index is 6.67. The standard InChI is InChI=1S/C27H29O3P/c1-27(2,20-12-4-3-5-13-20)23-16-8-11-19-26(23)30-31-28-24-17-9-6-14-21(24)22-15-7-10-18-25(22)29-31/h3-7,9-10,12-15,17-18,23,26H,8,11,16,19H2,1-2H3/t23-,26-/m1/s1. The minimum Gasteiger partial charge on any atom is -0.399 e. The second kappa shape index (κ2) is 8.57. The summed E-state index contributed by atoms with van der Waals surface area (Å²) in [4.78, 5) is 0. The average Bonchev–Trinajstić information content (AvgIpc) is 2.96. The fourth-order valence-electron chi connectivity index (χ4n) is 5.00. The van der Waals surface area contributed by atoms with Crippen LogP contribution in [0.1, 0.15) is 45.1 Å². The summed E-state index contributed by atoms with van der Waals surface area (Å²) < 4.78 is 19.3. The molecule has 3 aromatic carbocycles. The Bertz CT molecular complexity index is 1150. The van der Waals surface area contributed by atoms with Gasteiger partial charge in [0.05, 0.1) is 6.10 Å². The highest BCUT2D eigenvalue weighted by Gasteiger charge is 2.40. The Morgan fingerprint density at radius 2 is 1.29 bits per heavy atom. The number of para-hydroxylation sites is 2. The van der Waals surface area contributed by atoms with E-state index >= 15 is 0 Å². The highest BCUT2D eigenvalue weighted by Crippen LogP contribution is 2.44. The van der Waals surface area contributed by atoms with Gasteiger partial charge in [0, 0.05) is 10.8 Å². The molecule has 1 heterocycles. The molecule has 4 aromatic rings. The van der Waals surface area contributed by atoms with Crippen molar-refractivity contribution in [3.05, 3.63) is 84.4 Å². The molecule has 0 spiro atoms. The van der Waals surface area contributed by atoms with Crippen molar-refractivity contribution in [1.82, 2.24) is 0 Å². The molecule has 0 amide bonds. The Labute approximate surface area is 184 Å². The monoisotopic (exact) mass is 432 g/mol. The lowest BCUT2D eigenvalue weighted by Crippen LogP contribution is -2.42. The van der Waals surface area contributed by atoms with E-state index in [4.69, 9.17) is 12.9 Å². The zero-order valence-corrected chi connectivity index (χ0v) is 19.1. The van der Waals surface area contributed by atoms with Gasteiger partial charge in [-0.15, -0.1) is 0 Å². The highest BCUT2D eigenvalue weighted by atomic mass is 31.1. The van der Waals surface area contributed by atoms with Gasteiger partial charge in [0.1, 0.15) is 11.2 Å². The molecule has 160 valence electrons. The Kier molecular flexibility index (Phi) is 5.65. The SMILES string of the molecule is CC(C)(c1ccccc1)[C@@H]1CCCC[C@H]1Op1oc2ccccc2c2ccccc2o1. The van der Waals surface area contributed by atoms with Crippen molar-refractivity contribution >= 4 is 30.2 Å². The van der Waals surface area contributed by atoms with E-state index in [1.54, 1.807) is 0 Å². The van der Waals surface area contributed by atoms with Crippen LogP contribution < -0.4 is 4.52 Å². The molecule has 0 radical (unpaired) electrons. The maximum absolute atomic E-state index is 6.67. The quantitative estimate of drug-likeness (QED) is 0.326. The summed E-state index contributed by atoms with van der Waals surface area (Å²) in [6, 6.07) is 27.1. The van der Waals surface area contributed by atoms with Crippen LogP contribution in [0, 0.1) is 5.92 Å². The van der Waals surface area contributed by atoms with Crippen molar-refractivity contribution in [2.24, 2.45) is 5.92 Å². The van der Waals surface area contributed by atoms with Gasteiger partial charge in [-0.2, -0.15) is 0 Å². The molecule has 1 aliphatic carbocycles. The van der Waals surface area contributed by atoms with Gasteiger partial charge in [-0.3, -0.25) is 4.52 Å². The molecule has 1 aliphatic rings. The molecule has 0 aliphatic heterocycles. The minimum absolute atomic E-state index is 0.0172. The van der Waals surface area contributed by atoms with E-state index in [9.17, 15) is 0 Å². The molecule has 0 unspecified atom stereocenters. The van der Waals surface area contributed by atoms with Crippen LogP contribution in [0.15, 0.2) is 87.3 Å². The average molecular weight is 433 g/mol. The molecular weight excluding hydrogens is 403 g/mol. The third-order valence-electron chi connectivity index (χ3n) is 6.78. The van der Waals surface area contributed by atoms with Crippen LogP contribution in [0.25, 0.3) is 21.9 Å². The van der Waals surface area contributed by atoms with Crippen molar-refractivity contribution in [2.75, 3.05) is 0 Å². The molecule has 0 bridgehead atoms. The van der Waals surface area contributed by atoms with Crippen molar-refractivity contribution in [3.63, 3.8) is 0 Å². The van der Waals surface area contributed by atoms with Crippen LogP contribution in [-0.2, 0) is 5.41 Å². The third-order valence-corrected chi connectivity index (χ3v) is 7.91. The lowest BCUT2D eigenvalue weighted by atomic mass is 9.66. The molecule has 1 fully saturated rings. The van der Waals surface area contributed by atoms with Crippen LogP contribution in [0.5, 0.6) is 0 Å². The number of rotatable bonds is 4. The molecule has 2 atom stereocenters. The van der Waals surface area contributed by atoms with Crippen molar-refractivity contribution < 1.29 is 12.9 Å². The van der Waals surface area contributed by atoms with Gasteiger partial charge < -0.3 is 8.39 Å². The number of hydrogen-bond acceptors (Lipinski definition) is 3. The first kappa shape index (κ1) is 20.4. The van der Waals surface area contributed by atoms with Gasteiger partial charge in [0.25, 0.3) is 0 Å². The predicted molar refractivity (Wildman–Crippen MR) is 128 cm³/mol. The molecule has 5 rings (SSSR count). The maximum Gasteiger partial charge on any atom is 0.387 e. The van der Waals surface area contributed by atoms with Crippen LogP contribution in [0.2, 0.25) is 0 Å². The third kappa shape index (κ3) is 4.05. The fourth-order valence-corrected chi connectivity index (χ4v) is 6.24. The summed E-state index contributed by atoms with van der Waals surface area (Å²) in [5, 5.41) is 2.10. The second-order valence-electron chi connectivity index (χ2n) is 9.02. The van der Waals surface area contributed by atoms with E-state index in [-0.39, 0.29) is 11.5 Å². The Morgan fingerprint density at radius 1 is 0.742 bits per heavy atom. The number of hydrogen-bond donors (Lipinski definition) is 0. The summed E-state index contributed by atoms with van der Waals surface area (Å²) in [6.45, 7) is 4.70. The summed E-state index contributed by atoms with van der Waals surface area (Å²) >= 11 is 0. The molecule has 1 aromatic heterocycles. The van der Waals surface area contributed by atoms with E-state index in [0.29, 0.717) is 5.92 Å². The Hall–Kier alpha value is -2.48. The van der Waals surface area contributed by atoms with E-state index in [2.05, 4.69) is 56.3 Å². The van der Waals surface area contributed by atoms with Crippen molar-refractivity contribution in [2.45, 2.75) is 51.0 Å². The van der Waals surface area contributed by atoms with E-state index in [0.717, 1.165) is 34.8 Å². The summed E-state index contributed by atoms with van der Waals surface area (Å²) in [5.74, 6) is 0.409. The molecule has 0 N–H and O–H groups in total. The summed E-state index contributed by atoms with van der Waals surface area (Å²) in [5.41, 5.74) is 3.03. The largest absolute Gasteiger partial charge is 0.399 e.